The number of hydrogen-bond donors (Lipinski definition) is 0. The molecule has 0 aliphatic rings. The molecule has 0 aliphatic carbocycles. The van der Waals surface area contributed by atoms with Crippen molar-refractivity contribution in [3.05, 3.63) is 84.2 Å². The molecule has 0 N–H and O–H groups in total. The number of unbranched alkanes of at least 4 members (excludes halogenated alkanes) is 1. The van der Waals surface area contributed by atoms with Crippen molar-refractivity contribution in [2.75, 3.05) is 13.7 Å². The van der Waals surface area contributed by atoms with E-state index < -0.39 is 0 Å². The molecule has 0 spiro atoms. The van der Waals surface area contributed by atoms with Crippen molar-refractivity contribution < 1.29 is 14.2 Å². The highest BCUT2D eigenvalue weighted by atomic mass is 16.5. The second-order valence-electron chi connectivity index (χ2n) is 8.39. The lowest BCUT2D eigenvalue weighted by Gasteiger charge is -2.13. The number of nitrogens with zero attached hydrogens (tertiary/aromatic N) is 2. The van der Waals surface area contributed by atoms with E-state index in [0.29, 0.717) is 19.1 Å². The minimum atomic E-state index is 0.383. The molecule has 5 nitrogen and oxygen atoms in total. The van der Waals surface area contributed by atoms with E-state index in [4.69, 9.17) is 19.2 Å². The predicted octanol–water partition coefficient (Wildman–Crippen LogP) is 6.61. The summed E-state index contributed by atoms with van der Waals surface area (Å²) in [5.74, 6) is 3.81. The molecule has 0 aliphatic heterocycles. The van der Waals surface area contributed by atoms with Crippen LogP contribution in [-0.4, -0.2) is 23.3 Å². The van der Waals surface area contributed by atoms with Gasteiger partial charge in [-0.05, 0) is 60.7 Å². The van der Waals surface area contributed by atoms with Gasteiger partial charge in [-0.2, -0.15) is 0 Å². The number of aryl methyl sites for hydroxylation is 1. The Morgan fingerprint density at radius 3 is 2.30 bits per heavy atom. The standard InChI is InChI=1S/C28H32N2O3/c1-21(2)22-14-16-23(17-15-22)32-19-9-8-18-30-25-11-5-4-10-24(25)29-28(30)20-33-27-13-7-6-12-26(27)31-3/h4-7,10-17,21H,8-9,18-20H2,1-3H3. The Kier molecular flexibility index (Phi) is 7.51. The number of benzene rings is 3. The Morgan fingerprint density at radius 2 is 1.55 bits per heavy atom. The van der Waals surface area contributed by atoms with E-state index in [-0.39, 0.29) is 0 Å². The molecule has 0 fully saturated rings. The van der Waals surface area contributed by atoms with Crippen LogP contribution in [0.5, 0.6) is 17.2 Å². The molecule has 3 aromatic carbocycles. The Morgan fingerprint density at radius 1 is 0.818 bits per heavy atom. The smallest absolute Gasteiger partial charge is 0.161 e. The van der Waals surface area contributed by atoms with E-state index in [1.165, 1.54) is 5.56 Å². The summed E-state index contributed by atoms with van der Waals surface area (Å²) in [5, 5.41) is 0. The van der Waals surface area contributed by atoms with Crippen LogP contribution >= 0.6 is 0 Å². The van der Waals surface area contributed by atoms with Gasteiger partial charge in [-0.1, -0.05) is 50.2 Å². The number of methoxy groups -OCH3 is 1. The number of fused-ring (bicyclic) bond motifs is 1. The average Bonchev–Trinajstić information content (AvgIpc) is 3.20. The van der Waals surface area contributed by atoms with E-state index in [9.17, 15) is 0 Å². The fourth-order valence-electron chi connectivity index (χ4n) is 3.88. The molecule has 0 atom stereocenters. The zero-order valence-corrected chi connectivity index (χ0v) is 19.7. The normalized spacial score (nSPS) is 11.2. The summed E-state index contributed by atoms with van der Waals surface area (Å²) in [4.78, 5) is 4.82. The van der Waals surface area contributed by atoms with Crippen molar-refractivity contribution in [3.8, 4) is 17.2 Å². The number of aromatic nitrogens is 2. The first-order chi connectivity index (χ1) is 16.2. The van der Waals surface area contributed by atoms with Crippen molar-refractivity contribution in [3.63, 3.8) is 0 Å². The number of para-hydroxylation sites is 4. The highest BCUT2D eigenvalue weighted by Gasteiger charge is 2.12. The van der Waals surface area contributed by atoms with Gasteiger partial charge in [-0.15, -0.1) is 0 Å². The Hall–Kier alpha value is -3.47. The summed E-state index contributed by atoms with van der Waals surface area (Å²) in [6.45, 7) is 6.34. The molecule has 4 rings (SSSR count). The van der Waals surface area contributed by atoms with E-state index in [2.05, 4.69) is 54.8 Å². The molecule has 172 valence electrons. The van der Waals surface area contributed by atoms with Crippen LogP contribution in [0.25, 0.3) is 11.0 Å². The lowest BCUT2D eigenvalue weighted by atomic mass is 10.0. The van der Waals surface area contributed by atoms with Crippen LogP contribution in [0.1, 0.15) is 44.0 Å². The maximum Gasteiger partial charge on any atom is 0.161 e. The Balaban J connectivity index is 1.36. The highest BCUT2D eigenvalue weighted by molar-refractivity contribution is 5.75. The zero-order valence-electron chi connectivity index (χ0n) is 19.7. The quantitative estimate of drug-likeness (QED) is 0.244. The first-order valence-corrected chi connectivity index (χ1v) is 11.6. The summed E-state index contributed by atoms with van der Waals surface area (Å²) in [7, 11) is 1.65. The summed E-state index contributed by atoms with van der Waals surface area (Å²) in [6.07, 6.45) is 1.96. The van der Waals surface area contributed by atoms with Gasteiger partial charge in [0.15, 0.2) is 11.5 Å². The summed E-state index contributed by atoms with van der Waals surface area (Å²) < 4.78 is 19.7. The third-order valence-corrected chi connectivity index (χ3v) is 5.75. The lowest BCUT2D eigenvalue weighted by Crippen LogP contribution is -2.09. The van der Waals surface area contributed by atoms with Gasteiger partial charge in [-0.3, -0.25) is 0 Å². The van der Waals surface area contributed by atoms with Gasteiger partial charge in [-0.25, -0.2) is 4.98 Å². The number of imidazole rings is 1. The van der Waals surface area contributed by atoms with Crippen LogP contribution in [0, 0.1) is 0 Å². The zero-order chi connectivity index (χ0) is 23.0. The molecular weight excluding hydrogens is 412 g/mol. The Bertz CT molecular complexity index is 1170. The van der Waals surface area contributed by atoms with Crippen molar-refractivity contribution in [2.45, 2.75) is 45.8 Å². The maximum absolute atomic E-state index is 6.06. The third-order valence-electron chi connectivity index (χ3n) is 5.75. The van der Waals surface area contributed by atoms with Gasteiger partial charge in [0.05, 0.1) is 24.8 Å². The molecule has 0 saturated carbocycles. The fourth-order valence-corrected chi connectivity index (χ4v) is 3.88. The summed E-state index contributed by atoms with van der Waals surface area (Å²) >= 11 is 0. The molecule has 1 aromatic heterocycles. The van der Waals surface area contributed by atoms with Crippen LogP contribution in [0.4, 0.5) is 0 Å². The molecule has 5 heteroatoms. The van der Waals surface area contributed by atoms with Crippen LogP contribution < -0.4 is 14.2 Å². The monoisotopic (exact) mass is 444 g/mol. The molecule has 0 radical (unpaired) electrons. The molecule has 33 heavy (non-hydrogen) atoms. The van der Waals surface area contributed by atoms with Crippen molar-refractivity contribution >= 4 is 11.0 Å². The van der Waals surface area contributed by atoms with E-state index in [1.54, 1.807) is 7.11 Å². The minimum absolute atomic E-state index is 0.383. The van der Waals surface area contributed by atoms with Crippen LogP contribution in [0.3, 0.4) is 0 Å². The molecule has 0 saturated heterocycles. The maximum atomic E-state index is 6.06. The van der Waals surface area contributed by atoms with Gasteiger partial charge < -0.3 is 18.8 Å². The first-order valence-electron chi connectivity index (χ1n) is 11.6. The SMILES string of the molecule is COc1ccccc1OCc1nc2ccccc2n1CCCCOc1ccc(C(C)C)cc1. The van der Waals surface area contributed by atoms with Gasteiger partial charge >= 0.3 is 0 Å². The number of rotatable bonds is 11. The van der Waals surface area contributed by atoms with Crippen LogP contribution in [-0.2, 0) is 13.2 Å². The van der Waals surface area contributed by atoms with Crippen molar-refractivity contribution in [2.24, 2.45) is 0 Å². The average molecular weight is 445 g/mol. The highest BCUT2D eigenvalue weighted by Crippen LogP contribution is 2.27. The van der Waals surface area contributed by atoms with Gasteiger partial charge in [0, 0.05) is 6.54 Å². The second kappa shape index (κ2) is 10.9. The Labute approximate surface area is 195 Å². The van der Waals surface area contributed by atoms with Crippen molar-refractivity contribution in [1.29, 1.82) is 0 Å². The topological polar surface area (TPSA) is 45.5 Å². The fraction of sp³-hybridized carbons (Fsp3) is 0.321. The predicted molar refractivity (Wildman–Crippen MR) is 132 cm³/mol. The van der Waals surface area contributed by atoms with E-state index in [0.717, 1.165) is 53.5 Å². The molecule has 0 amide bonds. The van der Waals surface area contributed by atoms with Crippen LogP contribution in [0.15, 0.2) is 72.8 Å². The minimum Gasteiger partial charge on any atom is -0.494 e. The number of hydrogen-bond acceptors (Lipinski definition) is 4. The van der Waals surface area contributed by atoms with Gasteiger partial charge in [0.1, 0.15) is 18.2 Å². The summed E-state index contributed by atoms with van der Waals surface area (Å²) in [5.41, 5.74) is 3.44. The van der Waals surface area contributed by atoms with Crippen LogP contribution in [0.2, 0.25) is 0 Å². The molecule has 0 unspecified atom stereocenters. The molecule has 4 aromatic rings. The van der Waals surface area contributed by atoms with E-state index in [1.807, 2.05) is 36.4 Å². The van der Waals surface area contributed by atoms with Crippen molar-refractivity contribution in [1.82, 2.24) is 9.55 Å². The number of ether oxygens (including phenoxy) is 3. The molecule has 0 bridgehead atoms. The second-order valence-corrected chi connectivity index (χ2v) is 8.39. The summed E-state index contributed by atoms with van der Waals surface area (Å²) in [6, 6.07) is 24.3. The molecule has 1 heterocycles. The van der Waals surface area contributed by atoms with Gasteiger partial charge in [0.2, 0.25) is 0 Å². The van der Waals surface area contributed by atoms with Gasteiger partial charge in [0.25, 0.3) is 0 Å². The molecular formula is C28H32N2O3. The lowest BCUT2D eigenvalue weighted by molar-refractivity contribution is 0.270. The van der Waals surface area contributed by atoms with E-state index >= 15 is 0 Å². The largest absolute Gasteiger partial charge is 0.494 e. The first kappa shape index (κ1) is 22.7. The third kappa shape index (κ3) is 5.67.